The van der Waals surface area contributed by atoms with Gasteiger partial charge in [0, 0.05) is 5.10 Å². The maximum Gasteiger partial charge on any atom is 0.491 e. The lowest BCUT2D eigenvalue weighted by Crippen LogP contribution is -2.05. The summed E-state index contributed by atoms with van der Waals surface area (Å²) in [7, 11) is 0. The van der Waals surface area contributed by atoms with Crippen molar-refractivity contribution in [3.63, 3.8) is 0 Å². The largest absolute Gasteiger partial charge is 0.491 e. The van der Waals surface area contributed by atoms with E-state index in [1.165, 1.54) is 12.1 Å². The van der Waals surface area contributed by atoms with Crippen LogP contribution in [-0.2, 0) is 0 Å². The van der Waals surface area contributed by atoms with Gasteiger partial charge in [-0.25, -0.2) is 4.79 Å². The number of carbonyl (C=O) groups is 1. The minimum atomic E-state index is -1.14. The molecule has 0 bridgehead atoms. The van der Waals surface area contributed by atoms with E-state index in [9.17, 15) is 14.9 Å². The van der Waals surface area contributed by atoms with Crippen LogP contribution in [0.2, 0.25) is 0 Å². The van der Waals surface area contributed by atoms with E-state index in [4.69, 9.17) is 5.11 Å². The molecule has 0 spiro atoms. The van der Waals surface area contributed by atoms with Gasteiger partial charge in [-0.15, -0.1) is 4.68 Å². The average Bonchev–Trinajstić information content (AvgIpc) is 2.78. The summed E-state index contributed by atoms with van der Waals surface area (Å²) in [6.45, 7) is 0. The topological polar surface area (TPSA) is 111 Å². The lowest BCUT2D eigenvalue weighted by atomic mass is 10.2. The van der Waals surface area contributed by atoms with Crippen LogP contribution in [0.1, 0.15) is 10.4 Å². The molecule has 0 fully saturated rings. The minimum Gasteiger partial charge on any atom is -0.478 e. The first-order chi connectivity index (χ1) is 8.09. The zero-order valence-corrected chi connectivity index (χ0v) is 8.35. The average molecular weight is 234 g/mol. The Morgan fingerprint density at radius 3 is 2.71 bits per heavy atom. The van der Waals surface area contributed by atoms with Crippen LogP contribution in [0.5, 0.6) is 0 Å². The molecule has 0 aliphatic carbocycles. The quantitative estimate of drug-likeness (QED) is 0.623. The molecule has 0 aliphatic heterocycles. The number of aromatic carboxylic acids is 1. The van der Waals surface area contributed by atoms with Gasteiger partial charge in [0.05, 0.1) is 11.3 Å². The first kappa shape index (κ1) is 10.7. The zero-order valence-electron chi connectivity index (χ0n) is 8.35. The second-order valence-corrected chi connectivity index (χ2v) is 3.07. The summed E-state index contributed by atoms with van der Waals surface area (Å²) < 4.78 is 1.06. The monoisotopic (exact) mass is 234 g/mol. The number of para-hydroxylation sites is 1. The highest BCUT2D eigenvalue weighted by molar-refractivity contribution is 5.91. The molecule has 1 N–H and O–H groups in total. The van der Waals surface area contributed by atoms with Gasteiger partial charge >= 0.3 is 11.9 Å². The lowest BCUT2D eigenvalue weighted by Gasteiger charge is -2.00. The molecular formula is C9H6N4O4. The lowest BCUT2D eigenvalue weighted by molar-refractivity contribution is -0.394. The second kappa shape index (κ2) is 4.00. The fraction of sp³-hybridized carbons (Fsp3) is 0. The van der Waals surface area contributed by atoms with Crippen LogP contribution < -0.4 is 0 Å². The Morgan fingerprint density at radius 2 is 2.12 bits per heavy atom. The molecular weight excluding hydrogens is 228 g/mol. The van der Waals surface area contributed by atoms with Gasteiger partial charge in [0.2, 0.25) is 6.33 Å². The predicted octanol–water partition coefficient (Wildman–Crippen LogP) is 0.874. The Balaban J connectivity index is 2.52. The van der Waals surface area contributed by atoms with Crippen LogP contribution in [0.4, 0.5) is 5.95 Å². The fourth-order valence-electron chi connectivity index (χ4n) is 1.31. The summed E-state index contributed by atoms with van der Waals surface area (Å²) in [5.74, 6) is -1.72. The smallest absolute Gasteiger partial charge is 0.478 e. The van der Waals surface area contributed by atoms with Crippen molar-refractivity contribution >= 4 is 11.9 Å². The molecule has 0 saturated heterocycles. The third kappa shape index (κ3) is 1.95. The molecule has 86 valence electrons. The van der Waals surface area contributed by atoms with Gasteiger partial charge in [-0.2, -0.15) is 0 Å². The van der Waals surface area contributed by atoms with Crippen molar-refractivity contribution in [3.8, 4) is 5.69 Å². The Morgan fingerprint density at radius 1 is 1.41 bits per heavy atom. The number of rotatable bonds is 3. The zero-order chi connectivity index (χ0) is 12.4. The molecule has 0 atom stereocenters. The van der Waals surface area contributed by atoms with E-state index >= 15 is 0 Å². The highest BCUT2D eigenvalue weighted by Gasteiger charge is 2.18. The van der Waals surface area contributed by atoms with Crippen LogP contribution in [-0.4, -0.2) is 30.8 Å². The standard InChI is InChI=1S/C9H6N4O4/c14-8(15)6-3-1-2-4-7(6)12-5-10-9(11-12)13(16)17/h1-5H,(H,14,15). The molecule has 0 amide bonds. The number of nitrogens with zero attached hydrogens (tertiary/aromatic N) is 4. The number of hydrogen-bond donors (Lipinski definition) is 1. The molecule has 17 heavy (non-hydrogen) atoms. The Hall–Kier alpha value is -2.77. The van der Waals surface area contributed by atoms with Gasteiger partial charge in [0.15, 0.2) is 0 Å². The third-order valence-corrected chi connectivity index (χ3v) is 2.02. The molecule has 2 aromatic rings. The molecule has 1 aromatic heterocycles. The number of carboxylic acids is 1. The highest BCUT2D eigenvalue weighted by atomic mass is 16.6. The van der Waals surface area contributed by atoms with Gasteiger partial charge in [-0.1, -0.05) is 17.1 Å². The summed E-state index contributed by atoms with van der Waals surface area (Å²) in [4.78, 5) is 24.1. The first-order valence-electron chi connectivity index (χ1n) is 4.48. The van der Waals surface area contributed by atoms with Crippen LogP contribution in [0.3, 0.4) is 0 Å². The minimum absolute atomic E-state index is 0.00713. The maximum absolute atomic E-state index is 10.9. The van der Waals surface area contributed by atoms with Gasteiger partial charge < -0.3 is 15.2 Å². The molecule has 2 rings (SSSR count). The molecule has 8 nitrogen and oxygen atoms in total. The van der Waals surface area contributed by atoms with E-state index in [0.29, 0.717) is 0 Å². The molecule has 1 aromatic carbocycles. The van der Waals surface area contributed by atoms with Crippen molar-refractivity contribution < 1.29 is 14.8 Å². The van der Waals surface area contributed by atoms with Crippen LogP contribution in [0, 0.1) is 10.1 Å². The number of aromatic nitrogens is 3. The Labute approximate surface area is 94.3 Å². The normalized spacial score (nSPS) is 10.1. The van der Waals surface area contributed by atoms with Gasteiger partial charge in [-0.3, -0.25) is 0 Å². The number of carboxylic acid groups (broad SMARTS) is 1. The molecule has 8 heteroatoms. The van der Waals surface area contributed by atoms with E-state index in [2.05, 4.69) is 10.1 Å². The number of nitro groups is 1. The summed E-state index contributed by atoms with van der Waals surface area (Å²) in [6.07, 6.45) is 1.10. The van der Waals surface area contributed by atoms with E-state index in [-0.39, 0.29) is 11.3 Å². The molecule has 0 saturated carbocycles. The molecule has 0 unspecified atom stereocenters. The van der Waals surface area contributed by atoms with Crippen LogP contribution >= 0.6 is 0 Å². The molecule has 0 aliphatic rings. The van der Waals surface area contributed by atoms with Crippen molar-refractivity contribution in [2.45, 2.75) is 0 Å². The predicted molar refractivity (Wildman–Crippen MR) is 55.0 cm³/mol. The summed E-state index contributed by atoms with van der Waals surface area (Å²) in [5, 5.41) is 22.9. The highest BCUT2D eigenvalue weighted by Crippen LogP contribution is 2.14. The maximum atomic E-state index is 10.9. The van der Waals surface area contributed by atoms with Crippen LogP contribution in [0.15, 0.2) is 30.6 Å². The van der Waals surface area contributed by atoms with Gasteiger partial charge in [0.25, 0.3) is 0 Å². The van der Waals surface area contributed by atoms with Crippen molar-refractivity contribution in [3.05, 3.63) is 46.3 Å². The fourth-order valence-corrected chi connectivity index (χ4v) is 1.31. The Kier molecular flexibility index (Phi) is 2.53. The molecule has 0 radical (unpaired) electrons. The van der Waals surface area contributed by atoms with Crippen LogP contribution in [0.25, 0.3) is 5.69 Å². The van der Waals surface area contributed by atoms with Crippen molar-refractivity contribution in [1.29, 1.82) is 0 Å². The molecule has 1 heterocycles. The SMILES string of the molecule is O=C(O)c1ccccc1-n1cnc([N+](=O)[O-])n1. The Bertz CT molecular complexity index is 592. The van der Waals surface area contributed by atoms with E-state index in [1.54, 1.807) is 12.1 Å². The van der Waals surface area contributed by atoms with Crippen molar-refractivity contribution in [2.75, 3.05) is 0 Å². The summed E-state index contributed by atoms with van der Waals surface area (Å²) >= 11 is 0. The second-order valence-electron chi connectivity index (χ2n) is 3.07. The van der Waals surface area contributed by atoms with Gasteiger partial charge in [0.1, 0.15) is 0 Å². The van der Waals surface area contributed by atoms with E-state index in [1.807, 2.05) is 0 Å². The summed E-state index contributed by atoms with van der Waals surface area (Å²) in [6, 6.07) is 6.03. The third-order valence-electron chi connectivity index (χ3n) is 2.02. The van der Waals surface area contributed by atoms with Crippen molar-refractivity contribution in [1.82, 2.24) is 14.8 Å². The van der Waals surface area contributed by atoms with E-state index in [0.717, 1.165) is 11.0 Å². The van der Waals surface area contributed by atoms with Crippen molar-refractivity contribution in [2.24, 2.45) is 0 Å². The number of hydrogen-bond acceptors (Lipinski definition) is 5. The van der Waals surface area contributed by atoms with Gasteiger partial charge in [-0.05, 0) is 17.1 Å². The van der Waals surface area contributed by atoms with E-state index < -0.39 is 16.8 Å². The number of benzene rings is 1. The summed E-state index contributed by atoms with van der Waals surface area (Å²) in [5.41, 5.74) is 0.216. The first-order valence-corrected chi connectivity index (χ1v) is 4.48.